The third kappa shape index (κ3) is 5.23. The van der Waals surface area contributed by atoms with E-state index >= 15 is 0 Å². The van der Waals surface area contributed by atoms with Gasteiger partial charge >= 0.3 is 0 Å². The van der Waals surface area contributed by atoms with Crippen LogP contribution in [-0.4, -0.2) is 32.9 Å². The number of pyridine rings is 1. The summed E-state index contributed by atoms with van der Waals surface area (Å²) in [6.07, 6.45) is -0.447. The molecule has 3 rings (SSSR count). The van der Waals surface area contributed by atoms with Crippen molar-refractivity contribution in [3.8, 4) is 0 Å². The third-order valence-electron chi connectivity index (χ3n) is 3.32. The van der Waals surface area contributed by atoms with Crippen LogP contribution in [0.25, 0.3) is 0 Å². The van der Waals surface area contributed by atoms with Gasteiger partial charge in [-0.25, -0.2) is 4.98 Å². The minimum atomic E-state index is -0.447. The monoisotopic (exact) mass is 355 g/mol. The van der Waals surface area contributed by atoms with Crippen LogP contribution in [0.4, 0.5) is 17.5 Å². The molecule has 130 valence electrons. The fourth-order valence-electron chi connectivity index (χ4n) is 2.21. The van der Waals surface area contributed by atoms with Crippen LogP contribution in [0.1, 0.15) is 12.6 Å². The topological polar surface area (TPSA) is 85.9 Å². The van der Waals surface area contributed by atoms with E-state index < -0.39 is 6.10 Å². The van der Waals surface area contributed by atoms with E-state index in [9.17, 15) is 5.11 Å². The van der Waals surface area contributed by atoms with E-state index in [1.807, 2.05) is 43.3 Å². The molecule has 4 N–H and O–H groups in total. The number of aromatic nitrogens is 3. The Morgan fingerprint density at radius 3 is 2.52 bits per heavy atom. The normalized spacial score (nSPS) is 12.0. The predicted octanol–water partition coefficient (Wildman–Crippen LogP) is 3.80. The first-order valence-corrected chi connectivity index (χ1v) is 8.86. The van der Waals surface area contributed by atoms with Gasteiger partial charge in [0, 0.05) is 28.1 Å². The van der Waals surface area contributed by atoms with Crippen molar-refractivity contribution in [2.75, 3.05) is 17.2 Å². The Labute approximate surface area is 151 Å². The average Bonchev–Trinajstić information content (AvgIpc) is 2.98. The standard InChI is InChI=1S/C18H21N5OS/c1-12-8-18(23-22-12)21-17-10-15(25-14-6-4-3-5-7-14)9-16(20-17)19-11-13(2)24/h3-10,13,24H,11H2,1-2H3,(H3,19,20,21,22,23). The lowest BCUT2D eigenvalue weighted by Crippen LogP contribution is -2.16. The van der Waals surface area contributed by atoms with E-state index in [1.54, 1.807) is 18.7 Å². The van der Waals surface area contributed by atoms with E-state index in [1.165, 1.54) is 0 Å². The maximum Gasteiger partial charge on any atom is 0.153 e. The van der Waals surface area contributed by atoms with Gasteiger partial charge in [-0.15, -0.1) is 0 Å². The largest absolute Gasteiger partial charge is 0.392 e. The predicted molar refractivity (Wildman–Crippen MR) is 102 cm³/mol. The number of anilines is 3. The molecule has 0 amide bonds. The first-order chi connectivity index (χ1) is 12.1. The van der Waals surface area contributed by atoms with E-state index in [-0.39, 0.29) is 0 Å². The average molecular weight is 355 g/mol. The number of nitrogens with zero attached hydrogens (tertiary/aromatic N) is 2. The van der Waals surface area contributed by atoms with Crippen LogP contribution < -0.4 is 10.6 Å². The first-order valence-electron chi connectivity index (χ1n) is 8.04. The van der Waals surface area contributed by atoms with Crippen LogP contribution in [0.3, 0.4) is 0 Å². The van der Waals surface area contributed by atoms with Gasteiger partial charge in [0.2, 0.25) is 0 Å². The number of benzene rings is 1. The number of aromatic amines is 1. The summed E-state index contributed by atoms with van der Waals surface area (Å²) in [5.41, 5.74) is 0.977. The molecule has 1 unspecified atom stereocenters. The second-order valence-corrected chi connectivity index (χ2v) is 6.93. The smallest absolute Gasteiger partial charge is 0.153 e. The molecule has 0 aliphatic carbocycles. The molecule has 6 nitrogen and oxygen atoms in total. The number of H-pyrrole nitrogens is 1. The van der Waals surface area contributed by atoms with Crippen molar-refractivity contribution >= 4 is 29.2 Å². The molecule has 0 radical (unpaired) electrons. The molecule has 1 aromatic carbocycles. The minimum Gasteiger partial charge on any atom is -0.392 e. The van der Waals surface area contributed by atoms with Crippen LogP contribution in [0.5, 0.6) is 0 Å². The van der Waals surface area contributed by atoms with Gasteiger partial charge < -0.3 is 15.7 Å². The highest BCUT2D eigenvalue weighted by Gasteiger charge is 2.07. The zero-order valence-corrected chi connectivity index (χ0v) is 15.0. The van der Waals surface area contributed by atoms with Crippen LogP contribution in [0, 0.1) is 6.92 Å². The Morgan fingerprint density at radius 1 is 1.08 bits per heavy atom. The second-order valence-electron chi connectivity index (χ2n) is 5.78. The zero-order chi connectivity index (χ0) is 17.6. The quantitative estimate of drug-likeness (QED) is 0.516. The van der Waals surface area contributed by atoms with Gasteiger partial charge in [0.15, 0.2) is 5.82 Å². The summed E-state index contributed by atoms with van der Waals surface area (Å²) in [7, 11) is 0. The van der Waals surface area contributed by atoms with Crippen LogP contribution in [-0.2, 0) is 0 Å². The molecule has 0 aliphatic rings. The summed E-state index contributed by atoms with van der Waals surface area (Å²) < 4.78 is 0. The summed E-state index contributed by atoms with van der Waals surface area (Å²) in [5, 5.41) is 23.0. The van der Waals surface area contributed by atoms with Crippen molar-refractivity contribution in [3.63, 3.8) is 0 Å². The maximum absolute atomic E-state index is 9.50. The number of aliphatic hydroxyl groups is 1. The highest BCUT2D eigenvalue weighted by atomic mass is 32.2. The van der Waals surface area contributed by atoms with Gasteiger partial charge in [0.1, 0.15) is 11.6 Å². The van der Waals surface area contributed by atoms with Gasteiger partial charge in [-0.1, -0.05) is 30.0 Å². The SMILES string of the molecule is Cc1cc(Nc2cc(Sc3ccccc3)cc(NCC(C)O)n2)n[nH]1. The lowest BCUT2D eigenvalue weighted by molar-refractivity contribution is 0.208. The molecule has 0 aliphatic heterocycles. The number of hydrogen-bond acceptors (Lipinski definition) is 6. The van der Waals surface area contributed by atoms with Crippen LogP contribution in [0.15, 0.2) is 58.3 Å². The number of hydrogen-bond donors (Lipinski definition) is 4. The molecule has 7 heteroatoms. The number of nitrogens with one attached hydrogen (secondary N) is 3. The highest BCUT2D eigenvalue weighted by Crippen LogP contribution is 2.31. The molecule has 1 atom stereocenters. The Kier molecular flexibility index (Phi) is 5.57. The number of aliphatic hydroxyl groups excluding tert-OH is 1. The summed E-state index contributed by atoms with van der Waals surface area (Å²) in [6.45, 7) is 4.12. The van der Waals surface area contributed by atoms with E-state index in [2.05, 4.69) is 37.9 Å². The highest BCUT2D eigenvalue weighted by molar-refractivity contribution is 7.99. The van der Waals surface area contributed by atoms with E-state index in [0.717, 1.165) is 15.5 Å². The fourth-order valence-corrected chi connectivity index (χ4v) is 3.12. The van der Waals surface area contributed by atoms with Crippen molar-refractivity contribution in [3.05, 3.63) is 54.2 Å². The van der Waals surface area contributed by atoms with Crippen molar-refractivity contribution < 1.29 is 5.11 Å². The van der Waals surface area contributed by atoms with Crippen molar-refractivity contribution in [1.29, 1.82) is 0 Å². The molecular weight excluding hydrogens is 334 g/mol. The van der Waals surface area contributed by atoms with Gasteiger partial charge in [-0.05, 0) is 38.1 Å². The molecule has 2 heterocycles. The molecule has 0 saturated carbocycles. The Hall–Kier alpha value is -2.51. The third-order valence-corrected chi connectivity index (χ3v) is 4.30. The zero-order valence-electron chi connectivity index (χ0n) is 14.2. The van der Waals surface area contributed by atoms with E-state index in [0.29, 0.717) is 24.0 Å². The molecule has 0 saturated heterocycles. The first kappa shape index (κ1) is 17.3. The molecule has 25 heavy (non-hydrogen) atoms. The molecule has 3 aromatic rings. The van der Waals surface area contributed by atoms with Crippen molar-refractivity contribution in [2.24, 2.45) is 0 Å². The van der Waals surface area contributed by atoms with Gasteiger partial charge in [-0.3, -0.25) is 5.10 Å². The molecular formula is C18H21N5OS. The lowest BCUT2D eigenvalue weighted by atomic mass is 10.3. The minimum absolute atomic E-state index is 0.438. The fraction of sp³-hybridized carbons (Fsp3) is 0.222. The number of aryl methyl sites for hydroxylation is 1. The van der Waals surface area contributed by atoms with Crippen molar-refractivity contribution in [1.82, 2.24) is 15.2 Å². The van der Waals surface area contributed by atoms with Crippen LogP contribution in [0.2, 0.25) is 0 Å². The van der Waals surface area contributed by atoms with Gasteiger partial charge in [0.05, 0.1) is 6.10 Å². The van der Waals surface area contributed by atoms with Gasteiger partial charge in [-0.2, -0.15) is 5.10 Å². The second kappa shape index (κ2) is 8.04. The Bertz CT molecular complexity index is 819. The Balaban J connectivity index is 1.84. The summed E-state index contributed by atoms with van der Waals surface area (Å²) >= 11 is 1.66. The maximum atomic E-state index is 9.50. The molecule has 2 aromatic heterocycles. The van der Waals surface area contributed by atoms with Gasteiger partial charge in [0.25, 0.3) is 0 Å². The Morgan fingerprint density at radius 2 is 1.84 bits per heavy atom. The van der Waals surface area contributed by atoms with Crippen LogP contribution >= 0.6 is 11.8 Å². The summed E-state index contributed by atoms with van der Waals surface area (Å²) in [6, 6.07) is 16.0. The molecule has 0 bridgehead atoms. The summed E-state index contributed by atoms with van der Waals surface area (Å²) in [5.74, 6) is 2.12. The molecule has 0 fully saturated rings. The summed E-state index contributed by atoms with van der Waals surface area (Å²) in [4.78, 5) is 6.75. The lowest BCUT2D eigenvalue weighted by Gasteiger charge is -2.12. The van der Waals surface area contributed by atoms with Crippen molar-refractivity contribution in [2.45, 2.75) is 29.7 Å². The molecule has 0 spiro atoms. The van der Waals surface area contributed by atoms with E-state index in [4.69, 9.17) is 0 Å². The number of rotatable bonds is 7.